The lowest BCUT2D eigenvalue weighted by molar-refractivity contribution is -0.0805. The van der Waals surface area contributed by atoms with E-state index in [2.05, 4.69) is 20.5 Å². The second-order valence-corrected chi connectivity index (χ2v) is 8.14. The Bertz CT molecular complexity index is 1140. The summed E-state index contributed by atoms with van der Waals surface area (Å²) in [6, 6.07) is 3.60. The van der Waals surface area contributed by atoms with Crippen LogP contribution in [0.4, 0.5) is 0 Å². The number of aliphatic hydroxyl groups excluding tert-OH is 4. The summed E-state index contributed by atoms with van der Waals surface area (Å²) >= 11 is 0. The van der Waals surface area contributed by atoms with Crippen molar-refractivity contribution in [3.05, 3.63) is 33.6 Å². The monoisotopic (exact) mass is 447 g/mol. The molecule has 2 aromatic heterocycles. The van der Waals surface area contributed by atoms with Crippen LogP contribution in [0.5, 0.6) is 0 Å². The maximum atomic E-state index is 13.4. The van der Waals surface area contributed by atoms with Crippen LogP contribution in [0, 0.1) is 13.8 Å². The third-order valence-corrected chi connectivity index (χ3v) is 5.41. The van der Waals surface area contributed by atoms with Gasteiger partial charge >= 0.3 is 0 Å². The molecule has 0 aliphatic rings. The summed E-state index contributed by atoms with van der Waals surface area (Å²) < 4.78 is 2.77. The Hall–Kier alpha value is -2.77. The molecule has 174 valence electrons. The van der Waals surface area contributed by atoms with Gasteiger partial charge in [-0.05, 0) is 61.6 Å². The summed E-state index contributed by atoms with van der Waals surface area (Å²) in [5.41, 5.74) is 2.29. The van der Waals surface area contributed by atoms with Crippen molar-refractivity contribution in [3.63, 3.8) is 0 Å². The third kappa shape index (κ3) is 4.84. The lowest BCUT2D eigenvalue weighted by Gasteiger charge is -2.23. The van der Waals surface area contributed by atoms with E-state index in [1.807, 2.05) is 38.9 Å². The van der Waals surface area contributed by atoms with E-state index in [0.717, 1.165) is 11.1 Å². The van der Waals surface area contributed by atoms with Crippen LogP contribution < -0.4 is 5.56 Å². The van der Waals surface area contributed by atoms with E-state index in [9.17, 15) is 20.1 Å². The molecule has 3 atom stereocenters. The first-order valence-electron chi connectivity index (χ1n) is 10.2. The second-order valence-electron chi connectivity index (χ2n) is 8.14. The molecule has 0 aliphatic carbocycles. The molecule has 0 radical (unpaired) electrons. The Labute approximate surface area is 184 Å². The highest BCUT2D eigenvalue weighted by Gasteiger charge is 2.27. The number of hydrogen-bond acceptors (Lipinski definition) is 10. The highest BCUT2D eigenvalue weighted by molar-refractivity contribution is 5.79. The third-order valence-electron chi connectivity index (χ3n) is 5.41. The molecule has 2 heterocycles. The molecule has 0 amide bonds. The quantitative estimate of drug-likeness (QED) is 0.297. The van der Waals surface area contributed by atoms with E-state index in [-0.39, 0.29) is 18.1 Å². The zero-order valence-electron chi connectivity index (χ0n) is 18.5. The molecule has 0 bridgehead atoms. The normalized spacial score (nSPS) is 14.8. The topological polar surface area (TPSA) is 163 Å². The van der Waals surface area contributed by atoms with Gasteiger partial charge in [0.2, 0.25) is 5.82 Å². The fourth-order valence-corrected chi connectivity index (χ4v) is 3.30. The van der Waals surface area contributed by atoms with E-state index < -0.39 is 30.5 Å². The van der Waals surface area contributed by atoms with Crippen molar-refractivity contribution in [1.82, 2.24) is 34.7 Å². The predicted molar refractivity (Wildman–Crippen MR) is 116 cm³/mol. The minimum absolute atomic E-state index is 0.00825. The SMILES string of the molecule is Cc1cc2nc(-c3nnnn3CCN(C)C)c(=O)n(C[C@H](O)[C@H](O)[C@H](O)CO)c2cc1C. The van der Waals surface area contributed by atoms with Gasteiger partial charge in [0.15, 0.2) is 5.69 Å². The van der Waals surface area contributed by atoms with Gasteiger partial charge in [-0.3, -0.25) is 4.79 Å². The number of benzene rings is 1. The molecule has 0 unspecified atom stereocenters. The van der Waals surface area contributed by atoms with Crippen LogP contribution in [0.1, 0.15) is 11.1 Å². The number of aryl methyl sites for hydroxylation is 2. The summed E-state index contributed by atoms with van der Waals surface area (Å²) in [5.74, 6) is 0.191. The molecule has 3 rings (SSSR count). The summed E-state index contributed by atoms with van der Waals surface area (Å²) in [4.78, 5) is 19.9. The number of nitrogens with zero attached hydrogens (tertiary/aromatic N) is 7. The maximum absolute atomic E-state index is 13.4. The molecule has 0 aliphatic heterocycles. The first-order valence-corrected chi connectivity index (χ1v) is 10.2. The molecular formula is C20H29N7O5. The number of rotatable bonds is 9. The number of tetrazole rings is 1. The molecule has 3 aromatic rings. The lowest BCUT2D eigenvalue weighted by Crippen LogP contribution is -2.43. The summed E-state index contributed by atoms with van der Waals surface area (Å²) in [5, 5.41) is 51.0. The van der Waals surface area contributed by atoms with Crippen molar-refractivity contribution < 1.29 is 20.4 Å². The van der Waals surface area contributed by atoms with Crippen LogP contribution in [0.15, 0.2) is 16.9 Å². The molecule has 1 aromatic carbocycles. The van der Waals surface area contributed by atoms with Gasteiger partial charge in [-0.25, -0.2) is 9.67 Å². The molecule has 0 fully saturated rings. The Kier molecular flexibility index (Phi) is 7.31. The molecule has 0 saturated carbocycles. The molecule has 0 saturated heterocycles. The van der Waals surface area contributed by atoms with Crippen molar-refractivity contribution in [3.8, 4) is 11.5 Å². The Morgan fingerprint density at radius 3 is 2.44 bits per heavy atom. The van der Waals surface area contributed by atoms with Gasteiger partial charge in [0.1, 0.15) is 18.3 Å². The van der Waals surface area contributed by atoms with E-state index in [1.54, 1.807) is 6.07 Å². The average Bonchev–Trinajstić information content (AvgIpc) is 3.22. The number of aliphatic hydroxyl groups is 4. The maximum Gasteiger partial charge on any atom is 0.281 e. The number of fused-ring (bicyclic) bond motifs is 1. The largest absolute Gasteiger partial charge is 0.394 e. The highest BCUT2D eigenvalue weighted by atomic mass is 16.4. The number of likely N-dealkylation sites (N-methyl/N-ethyl adjacent to an activating group) is 1. The summed E-state index contributed by atoms with van der Waals surface area (Å²) in [6.07, 6.45) is -4.70. The molecule has 4 N–H and O–H groups in total. The van der Waals surface area contributed by atoms with Gasteiger partial charge in [0.05, 0.1) is 30.7 Å². The Morgan fingerprint density at radius 2 is 1.78 bits per heavy atom. The van der Waals surface area contributed by atoms with Crippen LogP contribution in [-0.4, -0.2) is 101 Å². The summed E-state index contributed by atoms with van der Waals surface area (Å²) in [7, 11) is 3.81. The molecule has 32 heavy (non-hydrogen) atoms. The van der Waals surface area contributed by atoms with E-state index in [1.165, 1.54) is 9.25 Å². The van der Waals surface area contributed by atoms with Gasteiger partial charge in [-0.2, -0.15) is 0 Å². The summed E-state index contributed by atoms with van der Waals surface area (Å²) in [6.45, 7) is 3.83. The van der Waals surface area contributed by atoms with Crippen LogP contribution in [0.2, 0.25) is 0 Å². The molecular weight excluding hydrogens is 418 g/mol. The predicted octanol–water partition coefficient (Wildman–Crippen LogP) is -1.70. The standard InChI is InChI=1S/C20H29N7O5/c1-11-7-13-14(8-12(11)2)26(9-15(29)18(31)16(30)10-28)20(32)17(21-13)19-22-23-24-27(19)6-5-25(3)4/h7-8,15-16,18,28-31H,5-6,9-10H2,1-4H3/t15-,16+,18-/m0/s1. The number of aromatic nitrogens is 6. The van der Waals surface area contributed by atoms with Gasteiger partial charge in [-0.1, -0.05) is 0 Å². The zero-order valence-corrected chi connectivity index (χ0v) is 18.5. The Morgan fingerprint density at radius 1 is 1.09 bits per heavy atom. The van der Waals surface area contributed by atoms with Crippen LogP contribution in [0.3, 0.4) is 0 Å². The van der Waals surface area contributed by atoms with Crippen molar-refractivity contribution in [2.24, 2.45) is 0 Å². The van der Waals surface area contributed by atoms with E-state index in [0.29, 0.717) is 24.1 Å². The fourth-order valence-electron chi connectivity index (χ4n) is 3.30. The van der Waals surface area contributed by atoms with Crippen molar-refractivity contribution in [1.29, 1.82) is 0 Å². The lowest BCUT2D eigenvalue weighted by atomic mass is 10.1. The minimum Gasteiger partial charge on any atom is -0.394 e. The zero-order chi connectivity index (χ0) is 23.6. The van der Waals surface area contributed by atoms with Crippen molar-refractivity contribution in [2.75, 3.05) is 27.2 Å². The molecule has 0 spiro atoms. The average molecular weight is 447 g/mol. The van der Waals surface area contributed by atoms with E-state index >= 15 is 0 Å². The molecule has 12 nitrogen and oxygen atoms in total. The smallest absolute Gasteiger partial charge is 0.281 e. The van der Waals surface area contributed by atoms with Gasteiger partial charge < -0.3 is 29.9 Å². The van der Waals surface area contributed by atoms with Crippen molar-refractivity contribution in [2.45, 2.75) is 45.2 Å². The van der Waals surface area contributed by atoms with Crippen LogP contribution in [-0.2, 0) is 13.1 Å². The fraction of sp³-hybridized carbons (Fsp3) is 0.550. The molecule has 12 heteroatoms. The van der Waals surface area contributed by atoms with Gasteiger partial charge in [0.25, 0.3) is 5.56 Å². The van der Waals surface area contributed by atoms with Gasteiger partial charge in [-0.15, -0.1) is 5.10 Å². The Balaban J connectivity index is 2.16. The number of hydrogen-bond donors (Lipinski definition) is 4. The van der Waals surface area contributed by atoms with Gasteiger partial charge in [0, 0.05) is 6.54 Å². The second kappa shape index (κ2) is 9.79. The first kappa shape index (κ1) is 23.9. The van der Waals surface area contributed by atoms with Crippen LogP contribution >= 0.6 is 0 Å². The minimum atomic E-state index is -1.64. The van der Waals surface area contributed by atoms with Crippen LogP contribution in [0.25, 0.3) is 22.6 Å². The van der Waals surface area contributed by atoms with Crippen molar-refractivity contribution >= 4 is 11.0 Å². The first-order chi connectivity index (χ1) is 15.1. The highest BCUT2D eigenvalue weighted by Crippen LogP contribution is 2.20. The van der Waals surface area contributed by atoms with E-state index in [4.69, 9.17) is 5.11 Å².